The Hall–Kier alpha value is -2.55. The average molecular weight is 334 g/mol. The zero-order valence-electron chi connectivity index (χ0n) is 10.0. The molecule has 0 aliphatic heterocycles. The Morgan fingerprint density at radius 3 is 2.60 bits per heavy atom. The van der Waals surface area contributed by atoms with Gasteiger partial charge >= 0.3 is 6.01 Å². The predicted octanol–water partition coefficient (Wildman–Crippen LogP) is 1.59. The van der Waals surface area contributed by atoms with Crippen molar-refractivity contribution in [3.05, 3.63) is 41.4 Å². The van der Waals surface area contributed by atoms with Crippen LogP contribution in [0, 0.1) is 0 Å². The molecule has 8 nitrogen and oxygen atoms in total. The molecule has 2 heterocycles. The molecule has 0 aliphatic rings. The fraction of sp³-hybridized carbons (Fsp3) is 0. The second kappa shape index (κ2) is 5.21. The summed E-state index contributed by atoms with van der Waals surface area (Å²) >= 11 is 3.34. The van der Waals surface area contributed by atoms with Gasteiger partial charge in [0.2, 0.25) is 5.95 Å². The Morgan fingerprint density at radius 1 is 1.10 bits per heavy atom. The van der Waals surface area contributed by atoms with E-state index in [4.69, 9.17) is 10.5 Å². The lowest BCUT2D eigenvalue weighted by Crippen LogP contribution is -2.07. The summed E-state index contributed by atoms with van der Waals surface area (Å²) in [6.07, 6.45) is 2.83. The zero-order chi connectivity index (χ0) is 13.9. The van der Waals surface area contributed by atoms with E-state index < -0.39 is 0 Å². The number of hydrogen-bond acceptors (Lipinski definition) is 7. The van der Waals surface area contributed by atoms with Gasteiger partial charge in [0.05, 0.1) is 0 Å². The van der Waals surface area contributed by atoms with Crippen molar-refractivity contribution in [3.63, 3.8) is 0 Å². The van der Waals surface area contributed by atoms with Crippen molar-refractivity contribution in [2.75, 3.05) is 5.73 Å². The number of rotatable bonds is 3. The smallest absolute Gasteiger partial charge is 0.328 e. The van der Waals surface area contributed by atoms with Gasteiger partial charge in [0.15, 0.2) is 0 Å². The minimum absolute atomic E-state index is 0.0395. The Morgan fingerprint density at radius 2 is 1.90 bits per heavy atom. The number of nitrogens with zero attached hydrogens (tertiary/aromatic N) is 6. The molecule has 0 radical (unpaired) electrons. The van der Waals surface area contributed by atoms with Crippen LogP contribution in [0.1, 0.15) is 0 Å². The van der Waals surface area contributed by atoms with E-state index in [0.717, 1.165) is 4.47 Å². The van der Waals surface area contributed by atoms with E-state index in [1.807, 2.05) is 12.1 Å². The highest BCUT2D eigenvalue weighted by Gasteiger charge is 2.08. The van der Waals surface area contributed by atoms with Crippen LogP contribution < -0.4 is 10.5 Å². The van der Waals surface area contributed by atoms with Crippen LogP contribution in [0.4, 0.5) is 5.95 Å². The highest BCUT2D eigenvalue weighted by atomic mass is 79.9. The van der Waals surface area contributed by atoms with E-state index in [0.29, 0.717) is 5.75 Å². The maximum absolute atomic E-state index is 5.63. The molecule has 0 amide bonds. The van der Waals surface area contributed by atoms with Gasteiger partial charge in [0.25, 0.3) is 5.95 Å². The third-order valence-electron chi connectivity index (χ3n) is 2.27. The summed E-state index contributed by atoms with van der Waals surface area (Å²) in [7, 11) is 0. The number of halogens is 1. The van der Waals surface area contributed by atoms with Gasteiger partial charge in [-0.1, -0.05) is 15.9 Å². The lowest BCUT2D eigenvalue weighted by atomic mass is 10.3. The summed E-state index contributed by atoms with van der Waals surface area (Å²) < 4.78 is 7.84. The predicted molar refractivity (Wildman–Crippen MR) is 73.4 cm³/mol. The molecule has 0 saturated heterocycles. The van der Waals surface area contributed by atoms with E-state index in [-0.39, 0.29) is 17.9 Å². The number of nitrogen functional groups attached to an aromatic ring is 1. The lowest BCUT2D eigenvalue weighted by molar-refractivity contribution is 0.438. The molecule has 0 unspecified atom stereocenters. The molecule has 2 N–H and O–H groups in total. The van der Waals surface area contributed by atoms with Gasteiger partial charge in [0.1, 0.15) is 18.4 Å². The van der Waals surface area contributed by atoms with Crippen LogP contribution in [0.3, 0.4) is 0 Å². The molecule has 20 heavy (non-hydrogen) atoms. The molecule has 1 aromatic carbocycles. The quantitative estimate of drug-likeness (QED) is 0.775. The van der Waals surface area contributed by atoms with Crippen molar-refractivity contribution >= 4 is 21.9 Å². The first-order valence-electron chi connectivity index (χ1n) is 5.51. The van der Waals surface area contributed by atoms with Crippen LogP contribution in [0.15, 0.2) is 41.4 Å². The topological polar surface area (TPSA) is 105 Å². The molecular formula is C11H8BrN7O. The van der Waals surface area contributed by atoms with Crippen LogP contribution in [0.25, 0.3) is 5.95 Å². The van der Waals surface area contributed by atoms with Gasteiger partial charge in [-0.3, -0.25) is 0 Å². The van der Waals surface area contributed by atoms with Crippen LogP contribution >= 0.6 is 15.9 Å². The molecule has 3 rings (SSSR count). The maximum atomic E-state index is 5.63. The van der Waals surface area contributed by atoms with Crippen LogP contribution in [0.5, 0.6) is 11.8 Å². The Balaban J connectivity index is 1.92. The van der Waals surface area contributed by atoms with Crippen LogP contribution in [-0.2, 0) is 0 Å². The highest BCUT2D eigenvalue weighted by Crippen LogP contribution is 2.21. The van der Waals surface area contributed by atoms with Crippen LogP contribution in [0.2, 0.25) is 0 Å². The number of ether oxygens (including phenoxy) is 1. The number of nitrogens with two attached hydrogens (primary N) is 1. The minimum atomic E-state index is 0.0395. The summed E-state index contributed by atoms with van der Waals surface area (Å²) in [6, 6.07) is 7.33. The fourth-order valence-electron chi connectivity index (χ4n) is 1.43. The van der Waals surface area contributed by atoms with Crippen molar-refractivity contribution in [3.8, 4) is 17.7 Å². The van der Waals surface area contributed by atoms with Crippen molar-refractivity contribution in [1.82, 2.24) is 29.7 Å². The normalized spacial score (nSPS) is 10.4. The van der Waals surface area contributed by atoms with Gasteiger partial charge in [-0.05, 0) is 24.3 Å². The first kappa shape index (κ1) is 12.5. The molecule has 0 aliphatic carbocycles. The maximum Gasteiger partial charge on any atom is 0.328 e. The molecule has 100 valence electrons. The first-order valence-corrected chi connectivity index (χ1v) is 6.30. The standard InChI is InChI=1S/C11H8BrN7O/c12-7-1-3-8(4-2-7)20-11-17-9(13)16-10(18-11)19-6-14-5-15-19/h1-6H,(H2,13,16,17,18). The molecule has 0 spiro atoms. The zero-order valence-corrected chi connectivity index (χ0v) is 11.6. The molecule has 3 aromatic rings. The van der Waals surface area contributed by atoms with Gasteiger partial charge in [-0.15, -0.1) is 0 Å². The van der Waals surface area contributed by atoms with Crippen molar-refractivity contribution < 1.29 is 4.74 Å². The second-order valence-corrected chi connectivity index (χ2v) is 4.59. The van der Waals surface area contributed by atoms with Gasteiger partial charge in [-0.2, -0.15) is 24.7 Å². The Bertz CT molecular complexity index is 714. The SMILES string of the molecule is Nc1nc(Oc2ccc(Br)cc2)nc(-n2cncn2)n1. The lowest BCUT2D eigenvalue weighted by Gasteiger charge is -2.06. The Labute approximate surface area is 121 Å². The number of hydrogen-bond donors (Lipinski definition) is 1. The van der Waals surface area contributed by atoms with Crippen molar-refractivity contribution in [1.29, 1.82) is 0 Å². The summed E-state index contributed by atoms with van der Waals surface area (Å²) in [5, 5.41) is 3.92. The van der Waals surface area contributed by atoms with Gasteiger partial charge in [0, 0.05) is 4.47 Å². The monoisotopic (exact) mass is 333 g/mol. The molecule has 0 saturated carbocycles. The molecule has 0 fully saturated rings. The molecule has 9 heteroatoms. The number of anilines is 1. The molecule has 0 bridgehead atoms. The fourth-order valence-corrected chi connectivity index (χ4v) is 1.69. The third kappa shape index (κ3) is 2.72. The van der Waals surface area contributed by atoms with Gasteiger partial charge < -0.3 is 10.5 Å². The first-order chi connectivity index (χ1) is 9.70. The van der Waals surface area contributed by atoms with E-state index in [1.54, 1.807) is 12.1 Å². The third-order valence-corrected chi connectivity index (χ3v) is 2.80. The minimum Gasteiger partial charge on any atom is -0.424 e. The van der Waals surface area contributed by atoms with Crippen molar-refractivity contribution in [2.45, 2.75) is 0 Å². The molecular weight excluding hydrogens is 326 g/mol. The van der Waals surface area contributed by atoms with Gasteiger partial charge in [-0.25, -0.2) is 4.98 Å². The summed E-state index contributed by atoms with van der Waals surface area (Å²) in [6.45, 7) is 0. The highest BCUT2D eigenvalue weighted by molar-refractivity contribution is 9.10. The summed E-state index contributed by atoms with van der Waals surface area (Å²) in [5.74, 6) is 0.864. The van der Waals surface area contributed by atoms with E-state index >= 15 is 0 Å². The average Bonchev–Trinajstić information content (AvgIpc) is 2.95. The largest absolute Gasteiger partial charge is 0.424 e. The van der Waals surface area contributed by atoms with Crippen molar-refractivity contribution in [2.24, 2.45) is 0 Å². The van der Waals surface area contributed by atoms with E-state index in [1.165, 1.54) is 17.3 Å². The molecule has 0 atom stereocenters. The van der Waals surface area contributed by atoms with Crippen LogP contribution in [-0.4, -0.2) is 29.7 Å². The second-order valence-electron chi connectivity index (χ2n) is 3.67. The number of benzene rings is 1. The van der Waals surface area contributed by atoms with E-state index in [9.17, 15) is 0 Å². The summed E-state index contributed by atoms with van der Waals surface area (Å²) in [4.78, 5) is 15.8. The van der Waals surface area contributed by atoms with E-state index in [2.05, 4.69) is 41.0 Å². The number of aromatic nitrogens is 6. The summed E-state index contributed by atoms with van der Waals surface area (Å²) in [5.41, 5.74) is 5.63. The Kier molecular flexibility index (Phi) is 3.25. The molecule has 2 aromatic heterocycles.